The highest BCUT2D eigenvalue weighted by Gasteiger charge is 2.27. The average Bonchev–Trinajstić information content (AvgIpc) is 2.65. The van der Waals surface area contributed by atoms with Gasteiger partial charge in [-0.25, -0.2) is 8.78 Å². The molecule has 1 aliphatic rings. The minimum atomic E-state index is -0.486. The number of halogens is 2. The van der Waals surface area contributed by atoms with Crippen molar-refractivity contribution in [1.29, 1.82) is 0 Å². The SMILES string of the molecule is CCCNCC1CCCCCC1c1ccc(F)cc1F. The second kappa shape index (κ2) is 7.72. The molecule has 2 unspecified atom stereocenters. The molecule has 0 spiro atoms. The number of hydrogen-bond acceptors (Lipinski definition) is 1. The van der Waals surface area contributed by atoms with Crippen LogP contribution in [0.5, 0.6) is 0 Å². The van der Waals surface area contributed by atoms with E-state index in [1.54, 1.807) is 6.07 Å². The van der Waals surface area contributed by atoms with E-state index in [-0.39, 0.29) is 11.7 Å². The van der Waals surface area contributed by atoms with Crippen LogP contribution in [0.2, 0.25) is 0 Å². The Morgan fingerprint density at radius 1 is 1.15 bits per heavy atom. The number of benzene rings is 1. The normalized spacial score (nSPS) is 23.6. The van der Waals surface area contributed by atoms with Gasteiger partial charge in [0.25, 0.3) is 0 Å². The first-order chi connectivity index (χ1) is 9.72. The number of rotatable bonds is 5. The largest absolute Gasteiger partial charge is 0.316 e. The molecule has 2 rings (SSSR count). The molecule has 112 valence electrons. The summed E-state index contributed by atoms with van der Waals surface area (Å²) in [5, 5.41) is 3.47. The van der Waals surface area contributed by atoms with E-state index in [9.17, 15) is 8.78 Å². The number of nitrogens with one attached hydrogen (secondary N) is 1. The highest BCUT2D eigenvalue weighted by Crippen LogP contribution is 2.37. The van der Waals surface area contributed by atoms with Gasteiger partial charge in [-0.05, 0) is 55.8 Å². The summed E-state index contributed by atoms with van der Waals surface area (Å²) < 4.78 is 27.2. The molecular formula is C17H25F2N. The van der Waals surface area contributed by atoms with Crippen LogP contribution in [0.3, 0.4) is 0 Å². The second-order valence-corrected chi connectivity index (χ2v) is 5.87. The molecule has 0 bridgehead atoms. The summed E-state index contributed by atoms with van der Waals surface area (Å²) in [7, 11) is 0. The Morgan fingerprint density at radius 2 is 1.95 bits per heavy atom. The predicted octanol–water partition coefficient (Wildman–Crippen LogP) is 4.63. The van der Waals surface area contributed by atoms with Gasteiger partial charge in [0.2, 0.25) is 0 Å². The Hall–Kier alpha value is -0.960. The average molecular weight is 281 g/mol. The lowest BCUT2D eigenvalue weighted by atomic mass is 9.82. The standard InChI is InChI=1S/C17H25F2N/c1-2-10-20-12-13-6-4-3-5-7-15(13)16-9-8-14(18)11-17(16)19/h8-9,11,13,15,20H,2-7,10,12H2,1H3. The lowest BCUT2D eigenvalue weighted by Crippen LogP contribution is -2.27. The molecule has 1 N–H and O–H groups in total. The van der Waals surface area contributed by atoms with Gasteiger partial charge >= 0.3 is 0 Å². The zero-order valence-electron chi connectivity index (χ0n) is 12.3. The minimum Gasteiger partial charge on any atom is -0.316 e. The van der Waals surface area contributed by atoms with Crippen molar-refractivity contribution in [3.8, 4) is 0 Å². The van der Waals surface area contributed by atoms with E-state index in [1.807, 2.05) is 0 Å². The van der Waals surface area contributed by atoms with Gasteiger partial charge in [-0.3, -0.25) is 0 Å². The Balaban J connectivity index is 2.14. The highest BCUT2D eigenvalue weighted by atomic mass is 19.1. The van der Waals surface area contributed by atoms with Crippen molar-refractivity contribution in [2.24, 2.45) is 5.92 Å². The van der Waals surface area contributed by atoms with Crippen molar-refractivity contribution in [3.05, 3.63) is 35.4 Å². The monoisotopic (exact) mass is 281 g/mol. The van der Waals surface area contributed by atoms with E-state index in [0.717, 1.165) is 44.8 Å². The first-order valence-corrected chi connectivity index (χ1v) is 7.88. The molecule has 1 fully saturated rings. The summed E-state index contributed by atoms with van der Waals surface area (Å²) in [5.74, 6) is -0.176. The van der Waals surface area contributed by atoms with Crippen molar-refractivity contribution < 1.29 is 8.78 Å². The molecule has 1 aliphatic carbocycles. The van der Waals surface area contributed by atoms with E-state index in [2.05, 4.69) is 12.2 Å². The van der Waals surface area contributed by atoms with Crippen LogP contribution in [0.4, 0.5) is 8.78 Å². The van der Waals surface area contributed by atoms with Crippen molar-refractivity contribution >= 4 is 0 Å². The minimum absolute atomic E-state index is 0.224. The molecule has 0 heterocycles. The summed E-state index contributed by atoms with van der Waals surface area (Å²) in [4.78, 5) is 0. The van der Waals surface area contributed by atoms with E-state index < -0.39 is 5.82 Å². The van der Waals surface area contributed by atoms with Gasteiger partial charge in [0, 0.05) is 6.07 Å². The fraction of sp³-hybridized carbons (Fsp3) is 0.647. The Morgan fingerprint density at radius 3 is 2.70 bits per heavy atom. The molecule has 0 aromatic heterocycles. The van der Waals surface area contributed by atoms with Crippen LogP contribution in [0.25, 0.3) is 0 Å². The molecule has 1 aromatic carbocycles. The summed E-state index contributed by atoms with van der Waals surface area (Å²) >= 11 is 0. The van der Waals surface area contributed by atoms with Gasteiger partial charge in [0.05, 0.1) is 0 Å². The fourth-order valence-corrected chi connectivity index (χ4v) is 3.30. The van der Waals surface area contributed by atoms with Crippen LogP contribution < -0.4 is 5.32 Å². The van der Waals surface area contributed by atoms with Gasteiger partial charge in [-0.15, -0.1) is 0 Å². The summed E-state index contributed by atoms with van der Waals surface area (Å²) in [5.41, 5.74) is 0.705. The van der Waals surface area contributed by atoms with Gasteiger partial charge < -0.3 is 5.32 Å². The van der Waals surface area contributed by atoms with Crippen LogP contribution in [0.15, 0.2) is 18.2 Å². The van der Waals surface area contributed by atoms with Crippen LogP contribution in [-0.2, 0) is 0 Å². The summed E-state index contributed by atoms with van der Waals surface area (Å²) in [6, 6.07) is 4.06. The quantitative estimate of drug-likeness (QED) is 0.613. The Labute approximate surface area is 120 Å². The topological polar surface area (TPSA) is 12.0 Å². The third-order valence-electron chi connectivity index (χ3n) is 4.35. The number of hydrogen-bond donors (Lipinski definition) is 1. The van der Waals surface area contributed by atoms with Gasteiger partial charge in [0.1, 0.15) is 11.6 Å². The Kier molecular flexibility index (Phi) is 5.96. The summed E-state index contributed by atoms with van der Waals surface area (Å²) in [6.45, 7) is 4.10. The second-order valence-electron chi connectivity index (χ2n) is 5.87. The van der Waals surface area contributed by atoms with E-state index in [4.69, 9.17) is 0 Å². The van der Waals surface area contributed by atoms with Crippen LogP contribution in [0, 0.1) is 17.6 Å². The molecule has 0 saturated heterocycles. The van der Waals surface area contributed by atoms with Crippen molar-refractivity contribution in [2.45, 2.75) is 51.4 Å². The molecule has 20 heavy (non-hydrogen) atoms. The lowest BCUT2D eigenvalue weighted by molar-refractivity contribution is 0.366. The third-order valence-corrected chi connectivity index (χ3v) is 4.35. The first kappa shape index (κ1) is 15.4. The Bertz CT molecular complexity index is 419. The summed E-state index contributed by atoms with van der Waals surface area (Å²) in [6.07, 6.45) is 6.86. The molecule has 3 heteroatoms. The molecule has 0 radical (unpaired) electrons. The maximum absolute atomic E-state index is 14.1. The van der Waals surface area contributed by atoms with Crippen LogP contribution in [0.1, 0.15) is 56.9 Å². The zero-order valence-corrected chi connectivity index (χ0v) is 12.3. The van der Waals surface area contributed by atoms with E-state index >= 15 is 0 Å². The predicted molar refractivity (Wildman–Crippen MR) is 78.8 cm³/mol. The van der Waals surface area contributed by atoms with Crippen LogP contribution in [-0.4, -0.2) is 13.1 Å². The maximum Gasteiger partial charge on any atom is 0.129 e. The molecule has 1 aromatic rings. The molecule has 1 nitrogen and oxygen atoms in total. The zero-order chi connectivity index (χ0) is 14.4. The van der Waals surface area contributed by atoms with E-state index in [1.165, 1.54) is 18.9 Å². The van der Waals surface area contributed by atoms with Crippen molar-refractivity contribution in [1.82, 2.24) is 5.32 Å². The molecule has 0 aliphatic heterocycles. The highest BCUT2D eigenvalue weighted by molar-refractivity contribution is 5.23. The van der Waals surface area contributed by atoms with Gasteiger partial charge in [-0.2, -0.15) is 0 Å². The van der Waals surface area contributed by atoms with Crippen LogP contribution >= 0.6 is 0 Å². The maximum atomic E-state index is 14.1. The molecule has 0 amide bonds. The molecular weight excluding hydrogens is 256 g/mol. The van der Waals surface area contributed by atoms with Crippen molar-refractivity contribution in [3.63, 3.8) is 0 Å². The molecule has 2 atom stereocenters. The smallest absolute Gasteiger partial charge is 0.129 e. The fourth-order valence-electron chi connectivity index (χ4n) is 3.30. The van der Waals surface area contributed by atoms with Gasteiger partial charge in [-0.1, -0.05) is 32.3 Å². The third kappa shape index (κ3) is 4.02. The lowest BCUT2D eigenvalue weighted by Gasteiger charge is -2.26. The molecule has 1 saturated carbocycles. The van der Waals surface area contributed by atoms with E-state index in [0.29, 0.717) is 11.5 Å². The first-order valence-electron chi connectivity index (χ1n) is 7.88. The van der Waals surface area contributed by atoms with Crippen molar-refractivity contribution in [2.75, 3.05) is 13.1 Å². The van der Waals surface area contributed by atoms with Gasteiger partial charge in [0.15, 0.2) is 0 Å².